The summed E-state index contributed by atoms with van der Waals surface area (Å²) in [7, 11) is 0. The number of nitrogens with zero attached hydrogens (tertiary/aromatic N) is 1. The summed E-state index contributed by atoms with van der Waals surface area (Å²) in [4.78, 5) is 11.2. The topological polar surface area (TPSA) is 68.2 Å². The van der Waals surface area contributed by atoms with Crippen molar-refractivity contribution >= 4 is 16.9 Å². The van der Waals surface area contributed by atoms with Crippen molar-refractivity contribution in [3.63, 3.8) is 0 Å². The van der Waals surface area contributed by atoms with Gasteiger partial charge in [0.2, 0.25) is 0 Å². The van der Waals surface area contributed by atoms with E-state index in [0.29, 0.717) is 12.1 Å². The second kappa shape index (κ2) is 6.09. The number of aryl methyl sites for hydroxylation is 3. The van der Waals surface area contributed by atoms with Gasteiger partial charge >= 0.3 is 5.97 Å². The third-order valence-electron chi connectivity index (χ3n) is 3.61. The number of fused-ring (bicyclic) bond motifs is 1. The predicted molar refractivity (Wildman–Crippen MR) is 81.3 cm³/mol. The molecule has 3 N–H and O–H groups in total. The van der Waals surface area contributed by atoms with Crippen molar-refractivity contribution in [2.24, 2.45) is 5.73 Å². The fourth-order valence-electron chi connectivity index (χ4n) is 2.76. The average Bonchev–Trinajstić information content (AvgIpc) is 2.75. The number of carbonyl (C=O) groups is 1. The molecule has 2 rings (SSSR count). The van der Waals surface area contributed by atoms with Gasteiger partial charge < -0.3 is 15.4 Å². The second-order valence-electron chi connectivity index (χ2n) is 5.23. The maximum atomic E-state index is 11.2. The fourth-order valence-corrected chi connectivity index (χ4v) is 2.76. The molecule has 0 radical (unpaired) electrons. The van der Waals surface area contributed by atoms with Crippen LogP contribution in [0, 0.1) is 6.92 Å². The summed E-state index contributed by atoms with van der Waals surface area (Å²) in [6.07, 6.45) is 5.10. The van der Waals surface area contributed by atoms with Gasteiger partial charge in [0.1, 0.15) is 0 Å². The van der Waals surface area contributed by atoms with Crippen LogP contribution < -0.4 is 5.73 Å². The zero-order valence-corrected chi connectivity index (χ0v) is 12.1. The molecule has 1 aromatic heterocycles. The lowest BCUT2D eigenvalue weighted by atomic mass is 10.0. The van der Waals surface area contributed by atoms with Crippen molar-refractivity contribution < 1.29 is 9.90 Å². The molecule has 108 valence electrons. The van der Waals surface area contributed by atoms with Gasteiger partial charge in [-0.1, -0.05) is 13.3 Å². The van der Waals surface area contributed by atoms with E-state index < -0.39 is 5.97 Å². The molecule has 2 aromatic rings. The molecule has 4 heteroatoms. The quantitative estimate of drug-likeness (QED) is 0.851. The molecule has 0 aliphatic carbocycles. The van der Waals surface area contributed by atoms with E-state index in [0.717, 1.165) is 42.3 Å². The van der Waals surface area contributed by atoms with Gasteiger partial charge in [0.25, 0.3) is 0 Å². The summed E-state index contributed by atoms with van der Waals surface area (Å²) in [6, 6.07) is 3.55. The molecule has 20 heavy (non-hydrogen) atoms. The lowest BCUT2D eigenvalue weighted by Crippen LogP contribution is -2.05. The lowest BCUT2D eigenvalue weighted by molar-refractivity contribution is 0.0697. The summed E-state index contributed by atoms with van der Waals surface area (Å²) in [6.45, 7) is 5.65. The summed E-state index contributed by atoms with van der Waals surface area (Å²) in [5, 5.41) is 10.3. The molecule has 1 heterocycles. The first-order chi connectivity index (χ1) is 9.58. The van der Waals surface area contributed by atoms with Gasteiger partial charge in [-0.15, -0.1) is 0 Å². The minimum absolute atomic E-state index is 0.365. The van der Waals surface area contributed by atoms with E-state index in [-0.39, 0.29) is 0 Å². The standard InChI is InChI=1S/C16H22N2O2/c1-3-5-12-10-18(7-4-6-17)15-11(2)8-13(16(19)20)9-14(12)15/h8-10H,3-7,17H2,1-2H3,(H,19,20). The van der Waals surface area contributed by atoms with E-state index in [9.17, 15) is 9.90 Å². The first kappa shape index (κ1) is 14.6. The number of hydrogen-bond donors (Lipinski definition) is 2. The normalized spacial score (nSPS) is 11.2. The number of carboxylic acid groups (broad SMARTS) is 1. The number of aromatic carboxylic acids is 1. The molecule has 0 aliphatic rings. The SMILES string of the molecule is CCCc1cn(CCCN)c2c(C)cc(C(=O)O)cc12. The van der Waals surface area contributed by atoms with Crippen molar-refractivity contribution in [1.82, 2.24) is 4.57 Å². The smallest absolute Gasteiger partial charge is 0.335 e. The Bertz CT molecular complexity index is 629. The number of benzene rings is 1. The van der Waals surface area contributed by atoms with Crippen molar-refractivity contribution in [1.29, 1.82) is 0 Å². The molecule has 0 fully saturated rings. The lowest BCUT2D eigenvalue weighted by Gasteiger charge is -2.07. The highest BCUT2D eigenvalue weighted by Gasteiger charge is 2.14. The van der Waals surface area contributed by atoms with Crippen LogP contribution in [0.5, 0.6) is 0 Å². The summed E-state index contributed by atoms with van der Waals surface area (Å²) >= 11 is 0. The van der Waals surface area contributed by atoms with Crippen LogP contribution in [-0.4, -0.2) is 22.2 Å². The van der Waals surface area contributed by atoms with Gasteiger partial charge in [0, 0.05) is 18.1 Å². The van der Waals surface area contributed by atoms with Gasteiger partial charge in [-0.2, -0.15) is 0 Å². The maximum Gasteiger partial charge on any atom is 0.335 e. The predicted octanol–water partition coefficient (Wildman–Crippen LogP) is 2.95. The molecule has 0 atom stereocenters. The van der Waals surface area contributed by atoms with Gasteiger partial charge in [0.05, 0.1) is 11.1 Å². The number of carboxylic acids is 1. The molecule has 0 spiro atoms. The summed E-state index contributed by atoms with van der Waals surface area (Å²) < 4.78 is 2.22. The van der Waals surface area contributed by atoms with Crippen LogP contribution >= 0.6 is 0 Å². The van der Waals surface area contributed by atoms with Gasteiger partial charge in [-0.3, -0.25) is 0 Å². The molecule has 0 unspecified atom stereocenters. The van der Waals surface area contributed by atoms with E-state index in [2.05, 4.69) is 17.7 Å². The molecule has 0 bridgehead atoms. The Morgan fingerprint density at radius 1 is 1.40 bits per heavy atom. The van der Waals surface area contributed by atoms with Gasteiger partial charge in [-0.25, -0.2) is 4.79 Å². The minimum Gasteiger partial charge on any atom is -0.478 e. The zero-order chi connectivity index (χ0) is 14.7. The Balaban J connectivity index is 2.62. The van der Waals surface area contributed by atoms with Crippen LogP contribution in [0.2, 0.25) is 0 Å². The molecule has 1 aromatic carbocycles. The summed E-state index contributed by atoms with van der Waals surface area (Å²) in [5.41, 5.74) is 9.35. The summed E-state index contributed by atoms with van der Waals surface area (Å²) in [5.74, 6) is -0.868. The molecule has 4 nitrogen and oxygen atoms in total. The van der Waals surface area contributed by atoms with Crippen LogP contribution in [0.3, 0.4) is 0 Å². The third kappa shape index (κ3) is 2.70. The van der Waals surface area contributed by atoms with E-state index >= 15 is 0 Å². The zero-order valence-electron chi connectivity index (χ0n) is 12.1. The molecule has 0 saturated heterocycles. The molecule has 0 saturated carbocycles. The minimum atomic E-state index is -0.868. The van der Waals surface area contributed by atoms with Crippen molar-refractivity contribution in [2.75, 3.05) is 6.54 Å². The van der Waals surface area contributed by atoms with E-state index in [4.69, 9.17) is 5.73 Å². The third-order valence-corrected chi connectivity index (χ3v) is 3.61. The van der Waals surface area contributed by atoms with Crippen LogP contribution in [0.15, 0.2) is 18.3 Å². The Hall–Kier alpha value is -1.81. The van der Waals surface area contributed by atoms with Gasteiger partial charge in [-0.05, 0) is 49.6 Å². The Kier molecular flexibility index (Phi) is 4.45. The second-order valence-corrected chi connectivity index (χ2v) is 5.23. The highest BCUT2D eigenvalue weighted by molar-refractivity contribution is 5.96. The van der Waals surface area contributed by atoms with E-state index in [1.807, 2.05) is 6.92 Å². The Morgan fingerprint density at radius 3 is 2.75 bits per heavy atom. The van der Waals surface area contributed by atoms with Crippen LogP contribution in [0.1, 0.15) is 41.3 Å². The maximum absolute atomic E-state index is 11.2. The highest BCUT2D eigenvalue weighted by Crippen LogP contribution is 2.27. The molecular weight excluding hydrogens is 252 g/mol. The van der Waals surface area contributed by atoms with Crippen molar-refractivity contribution in [2.45, 2.75) is 39.7 Å². The number of aromatic nitrogens is 1. The van der Waals surface area contributed by atoms with Crippen LogP contribution in [-0.2, 0) is 13.0 Å². The Morgan fingerprint density at radius 2 is 2.15 bits per heavy atom. The van der Waals surface area contributed by atoms with Crippen molar-refractivity contribution in [3.8, 4) is 0 Å². The van der Waals surface area contributed by atoms with E-state index in [1.165, 1.54) is 5.56 Å². The van der Waals surface area contributed by atoms with Crippen LogP contribution in [0.4, 0.5) is 0 Å². The molecule has 0 amide bonds. The monoisotopic (exact) mass is 274 g/mol. The average molecular weight is 274 g/mol. The number of nitrogens with two attached hydrogens (primary N) is 1. The van der Waals surface area contributed by atoms with E-state index in [1.54, 1.807) is 12.1 Å². The fraction of sp³-hybridized carbons (Fsp3) is 0.438. The highest BCUT2D eigenvalue weighted by atomic mass is 16.4. The Labute approximate surface area is 119 Å². The first-order valence-electron chi connectivity index (χ1n) is 7.14. The van der Waals surface area contributed by atoms with Gasteiger partial charge in [0.15, 0.2) is 0 Å². The molecular formula is C16H22N2O2. The molecule has 0 aliphatic heterocycles. The largest absolute Gasteiger partial charge is 0.478 e. The number of hydrogen-bond acceptors (Lipinski definition) is 2. The van der Waals surface area contributed by atoms with Crippen LogP contribution in [0.25, 0.3) is 10.9 Å². The number of rotatable bonds is 6. The van der Waals surface area contributed by atoms with Crippen molar-refractivity contribution in [3.05, 3.63) is 35.0 Å². The first-order valence-corrected chi connectivity index (χ1v) is 7.14.